The molecule has 1 aromatic carbocycles. The molecule has 1 amide bonds. The molecule has 1 saturated heterocycles. The second-order valence-corrected chi connectivity index (χ2v) is 6.90. The molecule has 134 valence electrons. The van der Waals surface area contributed by atoms with Crippen LogP contribution in [0.25, 0.3) is 0 Å². The molecule has 2 rings (SSSR count). The van der Waals surface area contributed by atoms with E-state index in [0.717, 1.165) is 37.2 Å². The fraction of sp³-hybridized carbons (Fsp3) is 0.632. The Morgan fingerprint density at radius 3 is 2.62 bits per heavy atom. The van der Waals surface area contributed by atoms with Crippen LogP contribution in [0.15, 0.2) is 24.3 Å². The minimum absolute atomic E-state index is 0.0724. The Labute approximate surface area is 145 Å². The number of methoxy groups -OCH3 is 1. The monoisotopic (exact) mass is 334 g/mol. The quantitative estimate of drug-likeness (QED) is 0.805. The van der Waals surface area contributed by atoms with E-state index in [0.29, 0.717) is 6.61 Å². The van der Waals surface area contributed by atoms with Crippen molar-refractivity contribution >= 4 is 5.91 Å². The molecule has 1 atom stereocenters. The van der Waals surface area contributed by atoms with Gasteiger partial charge in [-0.25, -0.2) is 0 Å². The molecule has 24 heavy (non-hydrogen) atoms. The normalized spacial score (nSPS) is 18.2. The molecule has 5 nitrogen and oxygen atoms in total. The minimum atomic E-state index is -0.430. The number of rotatable bonds is 7. The lowest BCUT2D eigenvalue weighted by atomic mass is 9.78. The summed E-state index contributed by atoms with van der Waals surface area (Å²) >= 11 is 0. The highest BCUT2D eigenvalue weighted by Crippen LogP contribution is 2.31. The molecule has 0 aromatic heterocycles. The number of hydrogen-bond acceptors (Lipinski definition) is 4. The fourth-order valence-corrected chi connectivity index (χ4v) is 3.18. The van der Waals surface area contributed by atoms with Crippen molar-refractivity contribution in [2.24, 2.45) is 5.41 Å². The largest absolute Gasteiger partial charge is 0.491 e. The summed E-state index contributed by atoms with van der Waals surface area (Å²) in [5.41, 5.74) is 0.614. The van der Waals surface area contributed by atoms with Gasteiger partial charge >= 0.3 is 0 Å². The fourth-order valence-electron chi connectivity index (χ4n) is 3.18. The van der Waals surface area contributed by atoms with Crippen LogP contribution >= 0.6 is 0 Å². The molecule has 5 heteroatoms. The van der Waals surface area contributed by atoms with Gasteiger partial charge < -0.3 is 20.1 Å². The van der Waals surface area contributed by atoms with E-state index in [1.54, 1.807) is 7.11 Å². The molecule has 0 aliphatic carbocycles. The van der Waals surface area contributed by atoms with Crippen LogP contribution in [-0.4, -0.2) is 38.8 Å². The molecule has 0 saturated carbocycles. The first-order chi connectivity index (χ1) is 11.5. The summed E-state index contributed by atoms with van der Waals surface area (Å²) in [6, 6.07) is 7.85. The molecular formula is C19H30N2O3. The summed E-state index contributed by atoms with van der Waals surface area (Å²) < 4.78 is 11.1. The zero-order valence-corrected chi connectivity index (χ0v) is 15.2. The van der Waals surface area contributed by atoms with Crippen LogP contribution < -0.4 is 15.4 Å². The summed E-state index contributed by atoms with van der Waals surface area (Å²) in [4.78, 5) is 12.9. The van der Waals surface area contributed by atoms with E-state index in [-0.39, 0.29) is 18.1 Å². The van der Waals surface area contributed by atoms with E-state index >= 15 is 0 Å². The number of piperidine rings is 1. The molecule has 1 aromatic rings. The number of nitrogens with one attached hydrogen (secondary N) is 2. The number of amides is 1. The van der Waals surface area contributed by atoms with Gasteiger partial charge in [-0.1, -0.05) is 12.1 Å². The first-order valence-corrected chi connectivity index (χ1v) is 8.74. The van der Waals surface area contributed by atoms with Crippen molar-refractivity contribution in [3.63, 3.8) is 0 Å². The van der Waals surface area contributed by atoms with Gasteiger partial charge in [0.05, 0.1) is 24.2 Å². The van der Waals surface area contributed by atoms with Gasteiger partial charge in [0.2, 0.25) is 5.91 Å². The Kier molecular flexibility index (Phi) is 6.63. The third kappa shape index (κ3) is 4.71. The molecular weight excluding hydrogens is 304 g/mol. The van der Waals surface area contributed by atoms with Crippen molar-refractivity contribution in [3.8, 4) is 5.75 Å². The Balaban J connectivity index is 2.07. The third-order valence-electron chi connectivity index (χ3n) is 4.54. The molecule has 1 aliphatic rings. The van der Waals surface area contributed by atoms with Crippen LogP contribution in [0.1, 0.15) is 45.2 Å². The van der Waals surface area contributed by atoms with Gasteiger partial charge in [-0.05, 0) is 64.4 Å². The number of ether oxygens (including phenoxy) is 2. The molecule has 1 unspecified atom stereocenters. The van der Waals surface area contributed by atoms with Crippen molar-refractivity contribution in [3.05, 3.63) is 29.8 Å². The lowest BCUT2D eigenvalue weighted by Crippen LogP contribution is -2.50. The number of carbonyl (C=O) groups is 1. The predicted molar refractivity (Wildman–Crippen MR) is 95.2 cm³/mol. The zero-order valence-electron chi connectivity index (χ0n) is 15.2. The van der Waals surface area contributed by atoms with Crippen LogP contribution in [0.2, 0.25) is 0 Å². The average Bonchev–Trinajstić information content (AvgIpc) is 2.55. The Bertz CT molecular complexity index is 534. The Morgan fingerprint density at radius 2 is 2.00 bits per heavy atom. The lowest BCUT2D eigenvalue weighted by molar-refractivity contribution is -0.136. The average molecular weight is 334 g/mol. The zero-order chi connectivity index (χ0) is 17.6. The SMILES string of the molecule is COCC1(C(=O)NC(C)c2cccc(OC(C)C)c2)CCNCC1. The first-order valence-electron chi connectivity index (χ1n) is 8.74. The number of carbonyl (C=O) groups excluding carboxylic acids is 1. The van der Waals surface area contributed by atoms with Crippen molar-refractivity contribution in [1.82, 2.24) is 10.6 Å². The highest BCUT2D eigenvalue weighted by Gasteiger charge is 2.40. The highest BCUT2D eigenvalue weighted by molar-refractivity contribution is 5.83. The highest BCUT2D eigenvalue weighted by atomic mass is 16.5. The molecule has 1 heterocycles. The van der Waals surface area contributed by atoms with E-state index in [2.05, 4.69) is 10.6 Å². The minimum Gasteiger partial charge on any atom is -0.491 e. The summed E-state index contributed by atoms with van der Waals surface area (Å²) in [5, 5.41) is 6.48. The van der Waals surface area contributed by atoms with Crippen LogP contribution in [0.3, 0.4) is 0 Å². The smallest absolute Gasteiger partial charge is 0.229 e. The molecule has 0 bridgehead atoms. The van der Waals surface area contributed by atoms with E-state index < -0.39 is 5.41 Å². The van der Waals surface area contributed by atoms with Gasteiger partial charge in [-0.15, -0.1) is 0 Å². The van der Waals surface area contributed by atoms with Gasteiger partial charge in [0, 0.05) is 7.11 Å². The summed E-state index contributed by atoms with van der Waals surface area (Å²) in [6.07, 6.45) is 1.73. The first kappa shape index (κ1) is 18.7. The van der Waals surface area contributed by atoms with Crippen molar-refractivity contribution in [1.29, 1.82) is 0 Å². The molecule has 2 N–H and O–H groups in total. The van der Waals surface area contributed by atoms with Gasteiger partial charge in [-0.3, -0.25) is 4.79 Å². The van der Waals surface area contributed by atoms with Crippen molar-refractivity contribution < 1.29 is 14.3 Å². The second kappa shape index (κ2) is 8.49. The van der Waals surface area contributed by atoms with Gasteiger partial charge in [0.25, 0.3) is 0 Å². The summed E-state index contributed by atoms with van der Waals surface area (Å²) in [5.74, 6) is 0.908. The number of hydrogen-bond donors (Lipinski definition) is 2. The third-order valence-corrected chi connectivity index (χ3v) is 4.54. The van der Waals surface area contributed by atoms with Gasteiger partial charge in [0.15, 0.2) is 0 Å². The van der Waals surface area contributed by atoms with Crippen LogP contribution in [-0.2, 0) is 9.53 Å². The second-order valence-electron chi connectivity index (χ2n) is 6.90. The molecule has 0 spiro atoms. The molecule has 0 radical (unpaired) electrons. The van der Waals surface area contributed by atoms with Crippen LogP contribution in [0.4, 0.5) is 0 Å². The Morgan fingerprint density at radius 1 is 1.29 bits per heavy atom. The van der Waals surface area contributed by atoms with E-state index in [1.807, 2.05) is 45.0 Å². The topological polar surface area (TPSA) is 59.6 Å². The van der Waals surface area contributed by atoms with E-state index in [4.69, 9.17) is 9.47 Å². The van der Waals surface area contributed by atoms with Gasteiger partial charge in [-0.2, -0.15) is 0 Å². The standard InChI is InChI=1S/C19H30N2O3/c1-14(2)24-17-7-5-6-16(12-17)15(3)21-18(22)19(13-23-4)8-10-20-11-9-19/h5-7,12,14-15,20H,8-11,13H2,1-4H3,(H,21,22). The van der Waals surface area contributed by atoms with Gasteiger partial charge in [0.1, 0.15) is 5.75 Å². The predicted octanol–water partition coefficient (Wildman–Crippen LogP) is 2.67. The summed E-state index contributed by atoms with van der Waals surface area (Å²) in [6.45, 7) is 8.18. The Hall–Kier alpha value is -1.59. The maximum absolute atomic E-state index is 12.9. The maximum Gasteiger partial charge on any atom is 0.229 e. The maximum atomic E-state index is 12.9. The molecule has 1 fully saturated rings. The molecule has 1 aliphatic heterocycles. The van der Waals surface area contributed by atoms with Crippen molar-refractivity contribution in [2.45, 2.75) is 45.8 Å². The van der Waals surface area contributed by atoms with E-state index in [9.17, 15) is 4.79 Å². The van der Waals surface area contributed by atoms with Crippen molar-refractivity contribution in [2.75, 3.05) is 26.8 Å². The van der Waals surface area contributed by atoms with E-state index in [1.165, 1.54) is 0 Å². The number of benzene rings is 1. The van der Waals surface area contributed by atoms with Crippen LogP contribution in [0, 0.1) is 5.41 Å². The lowest BCUT2D eigenvalue weighted by Gasteiger charge is -2.36. The summed E-state index contributed by atoms with van der Waals surface area (Å²) in [7, 11) is 1.66. The van der Waals surface area contributed by atoms with Crippen LogP contribution in [0.5, 0.6) is 5.75 Å².